The molecule has 1 rings (SSSR count). The zero-order valence-corrected chi connectivity index (χ0v) is 12.3. The van der Waals surface area contributed by atoms with Gasteiger partial charge in [0.2, 0.25) is 0 Å². The second-order valence-corrected chi connectivity index (χ2v) is 4.68. The van der Waals surface area contributed by atoms with E-state index in [4.69, 9.17) is 4.74 Å². The molecule has 4 nitrogen and oxygen atoms in total. The van der Waals surface area contributed by atoms with Gasteiger partial charge in [0.15, 0.2) is 6.61 Å². The van der Waals surface area contributed by atoms with E-state index in [0.717, 1.165) is 12.8 Å². The Balaban J connectivity index is 2.61. The van der Waals surface area contributed by atoms with Crippen molar-refractivity contribution in [3.8, 4) is 5.75 Å². The minimum absolute atomic E-state index is 0.0520. The molecule has 0 aliphatic rings. The highest BCUT2D eigenvalue weighted by atomic mass is 19.1. The van der Waals surface area contributed by atoms with Gasteiger partial charge in [0.05, 0.1) is 0 Å². The van der Waals surface area contributed by atoms with E-state index in [1.807, 2.05) is 6.92 Å². The Bertz CT molecular complexity index is 438. The van der Waals surface area contributed by atoms with Gasteiger partial charge < -0.3 is 15.4 Å². The molecule has 20 heavy (non-hydrogen) atoms. The fourth-order valence-corrected chi connectivity index (χ4v) is 1.74. The number of rotatable bonds is 8. The molecule has 0 radical (unpaired) electrons. The molecule has 5 heteroatoms. The Morgan fingerprint density at radius 2 is 2.20 bits per heavy atom. The van der Waals surface area contributed by atoms with E-state index in [-0.39, 0.29) is 24.4 Å². The van der Waals surface area contributed by atoms with Crippen LogP contribution in [0.4, 0.5) is 4.39 Å². The largest absolute Gasteiger partial charge is 0.483 e. The molecule has 112 valence electrons. The number of halogens is 1. The fraction of sp³-hybridized carbons (Fsp3) is 0.533. The molecule has 0 saturated heterocycles. The number of unbranched alkanes of at least 4 members (excludes halogenated alkanes) is 1. The van der Waals surface area contributed by atoms with Crippen LogP contribution in [0.15, 0.2) is 18.2 Å². The molecule has 2 N–H and O–H groups in total. The highest BCUT2D eigenvalue weighted by Crippen LogP contribution is 2.25. The third-order valence-corrected chi connectivity index (χ3v) is 3.08. The molecule has 0 aromatic heterocycles. The summed E-state index contributed by atoms with van der Waals surface area (Å²) in [7, 11) is 1.79. The van der Waals surface area contributed by atoms with E-state index < -0.39 is 0 Å². The van der Waals surface area contributed by atoms with Gasteiger partial charge in [0, 0.05) is 18.2 Å². The molecule has 0 bridgehead atoms. The molecular formula is C15H23FN2O2. The quantitative estimate of drug-likeness (QED) is 0.720. The molecule has 0 heterocycles. The topological polar surface area (TPSA) is 50.4 Å². The third-order valence-electron chi connectivity index (χ3n) is 3.08. The molecule has 0 aliphatic heterocycles. The maximum absolute atomic E-state index is 13.3. The second-order valence-electron chi connectivity index (χ2n) is 4.68. The van der Waals surface area contributed by atoms with Gasteiger partial charge in [-0.15, -0.1) is 0 Å². The molecule has 1 atom stereocenters. The van der Waals surface area contributed by atoms with Crippen molar-refractivity contribution in [3.63, 3.8) is 0 Å². The molecule has 1 amide bonds. The average molecular weight is 282 g/mol. The van der Waals surface area contributed by atoms with Crippen molar-refractivity contribution in [1.82, 2.24) is 10.6 Å². The predicted octanol–water partition coefficient (Wildman–Crippen LogP) is 2.40. The zero-order chi connectivity index (χ0) is 15.0. The van der Waals surface area contributed by atoms with Crippen molar-refractivity contribution in [1.29, 1.82) is 0 Å². The Morgan fingerprint density at radius 3 is 2.85 bits per heavy atom. The summed E-state index contributed by atoms with van der Waals surface area (Å²) in [5.41, 5.74) is 0.703. The van der Waals surface area contributed by atoms with Crippen LogP contribution < -0.4 is 15.4 Å². The van der Waals surface area contributed by atoms with Gasteiger partial charge in [0.1, 0.15) is 11.6 Å². The van der Waals surface area contributed by atoms with Crippen molar-refractivity contribution in [2.75, 3.05) is 20.2 Å². The van der Waals surface area contributed by atoms with Gasteiger partial charge in [-0.3, -0.25) is 4.79 Å². The summed E-state index contributed by atoms with van der Waals surface area (Å²) in [6.45, 7) is 4.57. The SMILES string of the molecule is CCCCNC(=O)COc1ccc(F)cc1C(C)NC. The minimum Gasteiger partial charge on any atom is -0.483 e. The number of carbonyl (C=O) groups excluding carboxylic acids is 1. The molecule has 1 aromatic carbocycles. The van der Waals surface area contributed by atoms with Crippen LogP contribution in [0.1, 0.15) is 38.3 Å². The Labute approximate surface area is 119 Å². The Hall–Kier alpha value is -1.62. The maximum Gasteiger partial charge on any atom is 0.257 e. The standard InChI is InChI=1S/C15H23FN2O2/c1-4-5-8-18-15(19)10-20-14-7-6-12(16)9-13(14)11(2)17-3/h6-7,9,11,17H,4-5,8,10H2,1-3H3,(H,18,19). The van der Waals surface area contributed by atoms with E-state index in [1.54, 1.807) is 13.1 Å². The lowest BCUT2D eigenvalue weighted by atomic mass is 10.1. The molecule has 0 saturated carbocycles. The van der Waals surface area contributed by atoms with Crippen molar-refractivity contribution in [3.05, 3.63) is 29.6 Å². The smallest absolute Gasteiger partial charge is 0.257 e. The summed E-state index contributed by atoms with van der Waals surface area (Å²) >= 11 is 0. The number of ether oxygens (including phenoxy) is 1. The summed E-state index contributed by atoms with van der Waals surface area (Å²) in [4.78, 5) is 11.6. The van der Waals surface area contributed by atoms with Crippen molar-refractivity contribution in [2.24, 2.45) is 0 Å². The molecule has 1 unspecified atom stereocenters. The fourth-order valence-electron chi connectivity index (χ4n) is 1.74. The van der Waals surface area contributed by atoms with Crippen LogP contribution in [0.25, 0.3) is 0 Å². The van der Waals surface area contributed by atoms with Crippen LogP contribution in [-0.4, -0.2) is 26.1 Å². The lowest BCUT2D eigenvalue weighted by Crippen LogP contribution is -2.30. The summed E-state index contributed by atoms with van der Waals surface area (Å²) in [5.74, 6) is 0.0478. The number of nitrogens with one attached hydrogen (secondary N) is 2. The first-order valence-corrected chi connectivity index (χ1v) is 6.94. The van der Waals surface area contributed by atoms with E-state index in [0.29, 0.717) is 17.9 Å². The van der Waals surface area contributed by atoms with Gasteiger partial charge in [-0.05, 0) is 38.6 Å². The first-order chi connectivity index (χ1) is 9.58. The van der Waals surface area contributed by atoms with Crippen LogP contribution >= 0.6 is 0 Å². The Kier molecular flexibility index (Phi) is 7.01. The molecule has 0 spiro atoms. The van der Waals surface area contributed by atoms with E-state index in [1.165, 1.54) is 12.1 Å². The van der Waals surface area contributed by atoms with E-state index >= 15 is 0 Å². The van der Waals surface area contributed by atoms with Crippen LogP contribution in [-0.2, 0) is 4.79 Å². The van der Waals surface area contributed by atoms with Crippen LogP contribution in [0.2, 0.25) is 0 Å². The van der Waals surface area contributed by atoms with E-state index in [2.05, 4.69) is 17.6 Å². The van der Waals surface area contributed by atoms with Gasteiger partial charge in [0.25, 0.3) is 5.91 Å². The Morgan fingerprint density at radius 1 is 1.45 bits per heavy atom. The molecule has 0 aliphatic carbocycles. The van der Waals surface area contributed by atoms with Crippen molar-refractivity contribution >= 4 is 5.91 Å². The summed E-state index contributed by atoms with van der Waals surface area (Å²) in [6.07, 6.45) is 1.98. The van der Waals surface area contributed by atoms with Gasteiger partial charge in [-0.2, -0.15) is 0 Å². The van der Waals surface area contributed by atoms with Crippen molar-refractivity contribution < 1.29 is 13.9 Å². The highest BCUT2D eigenvalue weighted by molar-refractivity contribution is 5.77. The summed E-state index contributed by atoms with van der Waals surface area (Å²) in [5, 5.41) is 5.81. The van der Waals surface area contributed by atoms with Gasteiger partial charge in [-0.1, -0.05) is 13.3 Å². The van der Waals surface area contributed by atoms with Crippen LogP contribution in [0, 0.1) is 5.82 Å². The van der Waals surface area contributed by atoms with Crippen LogP contribution in [0.5, 0.6) is 5.75 Å². The van der Waals surface area contributed by atoms with Crippen molar-refractivity contribution in [2.45, 2.75) is 32.7 Å². The molecular weight excluding hydrogens is 259 g/mol. The second kappa shape index (κ2) is 8.53. The summed E-state index contributed by atoms with van der Waals surface area (Å²) < 4.78 is 18.8. The monoisotopic (exact) mass is 282 g/mol. The maximum atomic E-state index is 13.3. The van der Waals surface area contributed by atoms with E-state index in [9.17, 15) is 9.18 Å². The number of carbonyl (C=O) groups is 1. The zero-order valence-electron chi connectivity index (χ0n) is 12.3. The minimum atomic E-state index is -0.318. The average Bonchev–Trinajstić information content (AvgIpc) is 2.45. The lowest BCUT2D eigenvalue weighted by Gasteiger charge is -2.16. The van der Waals surface area contributed by atoms with Gasteiger partial charge in [-0.25, -0.2) is 4.39 Å². The summed E-state index contributed by atoms with van der Waals surface area (Å²) in [6, 6.07) is 4.25. The normalized spacial score (nSPS) is 12.0. The third kappa shape index (κ3) is 5.17. The predicted molar refractivity (Wildman–Crippen MR) is 77.3 cm³/mol. The lowest BCUT2D eigenvalue weighted by molar-refractivity contribution is -0.123. The first kappa shape index (κ1) is 16.4. The number of hydrogen-bond acceptors (Lipinski definition) is 3. The molecule has 0 fully saturated rings. The first-order valence-electron chi connectivity index (χ1n) is 6.94. The number of benzene rings is 1. The number of amides is 1. The molecule has 1 aromatic rings. The van der Waals surface area contributed by atoms with Gasteiger partial charge >= 0.3 is 0 Å². The number of hydrogen-bond donors (Lipinski definition) is 2. The van der Waals surface area contributed by atoms with Crippen LogP contribution in [0.3, 0.4) is 0 Å². The highest BCUT2D eigenvalue weighted by Gasteiger charge is 2.12.